The van der Waals surface area contributed by atoms with Gasteiger partial charge in [-0.3, -0.25) is 19.2 Å². The molecule has 0 aliphatic rings. The molecule has 24 heavy (non-hydrogen) atoms. The van der Waals surface area contributed by atoms with Gasteiger partial charge in [-0.25, -0.2) is 0 Å². The summed E-state index contributed by atoms with van der Waals surface area (Å²) in [7, 11) is 0. The van der Waals surface area contributed by atoms with Crippen molar-refractivity contribution in [3.8, 4) is 0 Å². The molecule has 3 atom stereocenters. The van der Waals surface area contributed by atoms with E-state index in [2.05, 4.69) is 16.0 Å². The quantitative estimate of drug-likeness (QED) is 0.357. The van der Waals surface area contributed by atoms with Gasteiger partial charge in [-0.05, 0) is 19.3 Å². The Bertz CT molecular complexity index is 485. The van der Waals surface area contributed by atoms with Crippen LogP contribution in [0.25, 0.3) is 0 Å². The number of hydrogen-bond acceptors (Lipinski definition) is 5. The average molecular weight is 343 g/mol. The van der Waals surface area contributed by atoms with Crippen LogP contribution >= 0.6 is 0 Å². The number of nitrogens with two attached hydrogens (primary N) is 2. The second-order valence-electron chi connectivity index (χ2n) is 7.03. The molecule has 0 fully saturated rings. The molecule has 0 aromatic heterocycles. The predicted molar refractivity (Wildman–Crippen MR) is 89.5 cm³/mol. The van der Waals surface area contributed by atoms with E-state index in [0.29, 0.717) is 6.54 Å². The summed E-state index contributed by atoms with van der Waals surface area (Å²) in [5, 5.41) is 7.50. The maximum atomic E-state index is 12.2. The Labute approximate surface area is 142 Å². The second-order valence-corrected chi connectivity index (χ2v) is 7.03. The van der Waals surface area contributed by atoms with Crippen molar-refractivity contribution in [2.45, 2.75) is 59.2 Å². The molecule has 0 unspecified atom stereocenters. The second kappa shape index (κ2) is 9.21. The lowest BCUT2D eigenvalue weighted by molar-refractivity contribution is -0.133. The van der Waals surface area contributed by atoms with Gasteiger partial charge in [0.05, 0.1) is 12.5 Å². The topological polar surface area (TPSA) is 156 Å². The molecule has 0 aromatic rings. The van der Waals surface area contributed by atoms with Gasteiger partial charge in [0, 0.05) is 6.54 Å². The van der Waals surface area contributed by atoms with E-state index in [9.17, 15) is 19.2 Å². The molecular formula is C15H29N5O4. The maximum Gasteiger partial charge on any atom is 0.243 e. The first kappa shape index (κ1) is 21.8. The molecule has 4 amide bonds. The maximum absolute atomic E-state index is 12.2. The predicted octanol–water partition coefficient (Wildman–Crippen LogP) is -1.64. The van der Waals surface area contributed by atoms with E-state index < -0.39 is 35.8 Å². The summed E-state index contributed by atoms with van der Waals surface area (Å²) in [5.41, 5.74) is 10.4. The van der Waals surface area contributed by atoms with Crippen LogP contribution in [0.5, 0.6) is 0 Å². The van der Waals surface area contributed by atoms with Crippen molar-refractivity contribution < 1.29 is 19.2 Å². The third kappa shape index (κ3) is 9.09. The SMILES string of the molecule is C[C@H](N)C(=O)N[C@@H](CC(N)=O)C(=O)N[C@@H](C)C(=O)NCC(C)(C)C. The van der Waals surface area contributed by atoms with E-state index in [-0.39, 0.29) is 17.7 Å². The van der Waals surface area contributed by atoms with Crippen molar-refractivity contribution in [1.82, 2.24) is 16.0 Å². The fourth-order valence-electron chi connectivity index (χ4n) is 1.60. The zero-order valence-corrected chi connectivity index (χ0v) is 14.9. The Kier molecular flexibility index (Phi) is 8.38. The number of hydrogen-bond donors (Lipinski definition) is 5. The van der Waals surface area contributed by atoms with Crippen LogP contribution in [-0.2, 0) is 19.2 Å². The molecular weight excluding hydrogens is 314 g/mol. The van der Waals surface area contributed by atoms with Gasteiger partial charge in [0.1, 0.15) is 12.1 Å². The highest BCUT2D eigenvalue weighted by atomic mass is 16.2. The molecule has 138 valence electrons. The Morgan fingerprint density at radius 3 is 1.92 bits per heavy atom. The number of nitrogens with one attached hydrogen (secondary N) is 3. The highest BCUT2D eigenvalue weighted by Gasteiger charge is 2.27. The molecule has 0 aromatic carbocycles. The van der Waals surface area contributed by atoms with Crippen LogP contribution in [-0.4, -0.2) is 48.3 Å². The molecule has 0 aliphatic carbocycles. The molecule has 0 aliphatic heterocycles. The van der Waals surface area contributed by atoms with Crippen LogP contribution < -0.4 is 27.4 Å². The van der Waals surface area contributed by atoms with Gasteiger partial charge in [0.25, 0.3) is 0 Å². The van der Waals surface area contributed by atoms with Crippen molar-refractivity contribution in [3.63, 3.8) is 0 Å². The van der Waals surface area contributed by atoms with E-state index >= 15 is 0 Å². The molecule has 0 radical (unpaired) electrons. The van der Waals surface area contributed by atoms with Crippen molar-refractivity contribution in [3.05, 3.63) is 0 Å². The number of primary amides is 1. The standard InChI is InChI=1S/C15H29N5O4/c1-8(16)12(22)20-10(6-11(17)21)14(24)19-9(2)13(23)18-7-15(3,4)5/h8-10H,6-7,16H2,1-5H3,(H2,17,21)(H,18,23)(H,19,24)(H,20,22)/t8-,9-,10-/m0/s1. The summed E-state index contributed by atoms with van der Waals surface area (Å²) in [6.07, 6.45) is -0.388. The van der Waals surface area contributed by atoms with E-state index in [4.69, 9.17) is 11.5 Å². The number of carbonyl (C=O) groups is 4. The van der Waals surface area contributed by atoms with Crippen LogP contribution in [0.15, 0.2) is 0 Å². The van der Waals surface area contributed by atoms with Gasteiger partial charge >= 0.3 is 0 Å². The molecule has 9 nitrogen and oxygen atoms in total. The monoisotopic (exact) mass is 343 g/mol. The number of rotatable bonds is 8. The number of carbonyl (C=O) groups excluding carboxylic acids is 4. The van der Waals surface area contributed by atoms with Crippen molar-refractivity contribution in [1.29, 1.82) is 0 Å². The van der Waals surface area contributed by atoms with Crippen LogP contribution in [0.3, 0.4) is 0 Å². The summed E-state index contributed by atoms with van der Waals surface area (Å²) < 4.78 is 0. The van der Waals surface area contributed by atoms with Gasteiger partial charge in [0.15, 0.2) is 0 Å². The van der Waals surface area contributed by atoms with E-state index in [1.165, 1.54) is 13.8 Å². The number of amides is 4. The highest BCUT2D eigenvalue weighted by molar-refractivity contribution is 5.95. The zero-order valence-electron chi connectivity index (χ0n) is 14.9. The Balaban J connectivity index is 4.76. The van der Waals surface area contributed by atoms with Gasteiger partial charge in [0.2, 0.25) is 23.6 Å². The Morgan fingerprint density at radius 1 is 0.958 bits per heavy atom. The summed E-state index contributed by atoms with van der Waals surface area (Å²) in [6, 6.07) is -2.86. The minimum Gasteiger partial charge on any atom is -0.370 e. The zero-order chi connectivity index (χ0) is 19.1. The van der Waals surface area contributed by atoms with Crippen molar-refractivity contribution in [2.24, 2.45) is 16.9 Å². The molecule has 0 saturated heterocycles. The lowest BCUT2D eigenvalue weighted by Crippen LogP contribution is -2.55. The fraction of sp³-hybridized carbons (Fsp3) is 0.733. The lowest BCUT2D eigenvalue weighted by Gasteiger charge is -2.23. The first-order valence-electron chi connectivity index (χ1n) is 7.76. The molecule has 0 spiro atoms. The summed E-state index contributed by atoms with van der Waals surface area (Å²) in [6.45, 7) is 9.27. The van der Waals surface area contributed by atoms with Gasteiger partial charge < -0.3 is 27.4 Å². The molecule has 0 bridgehead atoms. The Hall–Kier alpha value is -2.16. The minimum absolute atomic E-state index is 0.0981. The largest absolute Gasteiger partial charge is 0.370 e. The van der Waals surface area contributed by atoms with E-state index in [1.54, 1.807) is 0 Å². The Morgan fingerprint density at radius 2 is 1.50 bits per heavy atom. The molecule has 0 heterocycles. The van der Waals surface area contributed by atoms with E-state index in [1.807, 2.05) is 20.8 Å². The summed E-state index contributed by atoms with van der Waals surface area (Å²) in [4.78, 5) is 46.9. The lowest BCUT2D eigenvalue weighted by atomic mass is 9.97. The van der Waals surface area contributed by atoms with Crippen molar-refractivity contribution in [2.75, 3.05) is 6.54 Å². The van der Waals surface area contributed by atoms with Gasteiger partial charge in [-0.2, -0.15) is 0 Å². The van der Waals surface area contributed by atoms with Crippen molar-refractivity contribution >= 4 is 23.6 Å². The van der Waals surface area contributed by atoms with Gasteiger partial charge in [-0.15, -0.1) is 0 Å². The first-order valence-corrected chi connectivity index (χ1v) is 7.76. The van der Waals surface area contributed by atoms with Crippen LogP contribution in [0, 0.1) is 5.41 Å². The smallest absolute Gasteiger partial charge is 0.243 e. The fourth-order valence-corrected chi connectivity index (χ4v) is 1.60. The molecule has 0 saturated carbocycles. The van der Waals surface area contributed by atoms with Crippen LogP contribution in [0.1, 0.15) is 41.0 Å². The molecule has 0 rings (SSSR count). The third-order valence-corrected chi connectivity index (χ3v) is 3.00. The first-order chi connectivity index (χ1) is 10.8. The normalized spacial score (nSPS) is 14.9. The third-order valence-electron chi connectivity index (χ3n) is 3.00. The summed E-state index contributed by atoms with van der Waals surface area (Å²) >= 11 is 0. The van der Waals surface area contributed by atoms with Crippen LogP contribution in [0.4, 0.5) is 0 Å². The molecule has 9 heteroatoms. The van der Waals surface area contributed by atoms with E-state index in [0.717, 1.165) is 0 Å². The molecule has 7 N–H and O–H groups in total. The minimum atomic E-state index is -1.18. The highest BCUT2D eigenvalue weighted by Crippen LogP contribution is 2.10. The summed E-state index contributed by atoms with van der Waals surface area (Å²) in [5.74, 6) is -2.40. The van der Waals surface area contributed by atoms with Gasteiger partial charge in [-0.1, -0.05) is 20.8 Å². The average Bonchev–Trinajstić information content (AvgIpc) is 2.42. The van der Waals surface area contributed by atoms with Crippen LogP contribution in [0.2, 0.25) is 0 Å².